The van der Waals surface area contributed by atoms with Crippen molar-refractivity contribution in [3.05, 3.63) is 90.5 Å². The highest BCUT2D eigenvalue weighted by Crippen LogP contribution is 2.21. The number of fused-ring (bicyclic) bond motifs is 1. The predicted molar refractivity (Wildman–Crippen MR) is 167 cm³/mol. The Kier molecular flexibility index (Phi) is 10.8. The second kappa shape index (κ2) is 15.6. The van der Waals surface area contributed by atoms with Gasteiger partial charge in [-0.3, -0.25) is 4.90 Å². The second-order valence-corrected chi connectivity index (χ2v) is 10.6. The Morgan fingerprint density at radius 3 is 2.72 bits per heavy atom. The van der Waals surface area contributed by atoms with Crippen molar-refractivity contribution >= 4 is 17.6 Å². The summed E-state index contributed by atoms with van der Waals surface area (Å²) in [5.74, 6) is 1.18. The molecule has 0 aliphatic carbocycles. The second-order valence-electron chi connectivity index (χ2n) is 10.6. The molecule has 4 heterocycles. The van der Waals surface area contributed by atoms with Gasteiger partial charge in [0.15, 0.2) is 0 Å². The first-order valence-corrected chi connectivity index (χ1v) is 15.0. The van der Waals surface area contributed by atoms with Crippen molar-refractivity contribution < 1.29 is 14.6 Å². The third-order valence-electron chi connectivity index (χ3n) is 7.50. The smallest absolute Gasteiger partial charge is 0.326 e. The van der Waals surface area contributed by atoms with Gasteiger partial charge in [0, 0.05) is 49.2 Å². The van der Waals surface area contributed by atoms with Gasteiger partial charge in [0.2, 0.25) is 5.88 Å². The first kappa shape index (κ1) is 29.9. The minimum atomic E-state index is -0.920. The van der Waals surface area contributed by atoms with Crippen LogP contribution in [0.15, 0.2) is 79.3 Å². The molecule has 1 aliphatic heterocycles. The van der Waals surface area contributed by atoms with E-state index in [1.165, 1.54) is 11.9 Å². The van der Waals surface area contributed by atoms with Gasteiger partial charge in [-0.25, -0.2) is 24.7 Å². The predicted octanol–water partition coefficient (Wildman–Crippen LogP) is 4.95. The van der Waals surface area contributed by atoms with Crippen LogP contribution in [0.4, 0.5) is 11.6 Å². The first-order chi connectivity index (χ1) is 21.1. The molecule has 1 aliphatic rings. The van der Waals surface area contributed by atoms with Crippen molar-refractivity contribution in [1.82, 2.24) is 24.8 Å². The minimum Gasteiger partial charge on any atom is -0.480 e. The van der Waals surface area contributed by atoms with Crippen molar-refractivity contribution in [2.45, 2.75) is 44.6 Å². The largest absolute Gasteiger partial charge is 0.480 e. The molecule has 3 N–H and O–H groups in total. The van der Waals surface area contributed by atoms with E-state index < -0.39 is 12.0 Å². The summed E-state index contributed by atoms with van der Waals surface area (Å²) < 4.78 is 5.85. The Hall–Kier alpha value is -4.57. The monoisotopic (exact) mass is 581 g/mol. The number of carboxylic acid groups (broad SMARTS) is 1. The third kappa shape index (κ3) is 9.21. The molecule has 0 saturated heterocycles. The van der Waals surface area contributed by atoms with E-state index >= 15 is 0 Å². The Labute approximate surface area is 252 Å². The topological polar surface area (TPSA) is 125 Å². The van der Waals surface area contributed by atoms with Crippen LogP contribution in [0, 0.1) is 0 Å². The summed E-state index contributed by atoms with van der Waals surface area (Å²) in [6.07, 6.45) is 8.67. The molecule has 0 amide bonds. The van der Waals surface area contributed by atoms with E-state index in [1.54, 1.807) is 12.3 Å². The fraction of sp³-hybridized carbons (Fsp3) is 0.364. The summed E-state index contributed by atoms with van der Waals surface area (Å²) >= 11 is 0. The number of hydrogen-bond acceptors (Lipinski definition) is 9. The maximum Gasteiger partial charge on any atom is 0.326 e. The lowest BCUT2D eigenvalue weighted by atomic mass is 10.1. The van der Waals surface area contributed by atoms with Crippen molar-refractivity contribution in [3.63, 3.8) is 0 Å². The van der Waals surface area contributed by atoms with Gasteiger partial charge >= 0.3 is 5.97 Å². The van der Waals surface area contributed by atoms with Crippen LogP contribution >= 0.6 is 0 Å². The Morgan fingerprint density at radius 2 is 1.88 bits per heavy atom. The van der Waals surface area contributed by atoms with Crippen LogP contribution in [-0.4, -0.2) is 74.7 Å². The first-order valence-electron chi connectivity index (χ1n) is 15.0. The molecule has 3 aromatic heterocycles. The maximum absolute atomic E-state index is 12.2. The zero-order chi connectivity index (χ0) is 29.7. The number of aryl methyl sites for hydroxylation is 2. The number of hydrogen-bond donors (Lipinski definition) is 3. The van der Waals surface area contributed by atoms with Gasteiger partial charge in [-0.1, -0.05) is 42.5 Å². The van der Waals surface area contributed by atoms with Crippen LogP contribution in [0.5, 0.6) is 5.88 Å². The Bertz CT molecular complexity index is 1440. The average molecular weight is 582 g/mol. The van der Waals surface area contributed by atoms with Crippen molar-refractivity contribution in [1.29, 1.82) is 0 Å². The molecule has 0 saturated carbocycles. The van der Waals surface area contributed by atoms with Gasteiger partial charge in [-0.05, 0) is 62.8 Å². The summed E-state index contributed by atoms with van der Waals surface area (Å²) in [5.41, 5.74) is 4.09. The van der Waals surface area contributed by atoms with Gasteiger partial charge in [0.1, 0.15) is 30.6 Å². The zero-order valence-corrected chi connectivity index (χ0v) is 24.4. The van der Waals surface area contributed by atoms with E-state index in [0.29, 0.717) is 37.8 Å². The minimum absolute atomic E-state index is 0.404. The molecule has 4 aromatic rings. The van der Waals surface area contributed by atoms with Crippen molar-refractivity contribution in [2.24, 2.45) is 0 Å². The molecule has 43 heavy (non-hydrogen) atoms. The highest BCUT2D eigenvalue weighted by atomic mass is 16.5. The summed E-state index contributed by atoms with van der Waals surface area (Å²) in [6, 6.07) is 20.7. The van der Waals surface area contributed by atoms with Gasteiger partial charge in [0.25, 0.3) is 0 Å². The van der Waals surface area contributed by atoms with Crippen LogP contribution in [0.25, 0.3) is 11.3 Å². The summed E-state index contributed by atoms with van der Waals surface area (Å²) in [4.78, 5) is 32.2. The molecule has 1 aromatic carbocycles. The zero-order valence-electron chi connectivity index (χ0n) is 24.4. The summed E-state index contributed by atoms with van der Waals surface area (Å²) in [7, 11) is 0. The molecule has 0 spiro atoms. The molecular formula is C33H39N7O3. The highest BCUT2D eigenvalue weighted by molar-refractivity contribution is 5.77. The quantitative estimate of drug-likeness (QED) is 0.157. The standard InChI is InChI=1S/C33H39N7O3/c41-33(42)28(39-30-23-29(36-24-37-30)25-9-2-1-3-10-25)16-20-40(21-22-43-31-13-4-6-17-34-31)19-7-5-12-27-15-14-26-11-8-18-35-32(26)38-27/h1-4,6,9-10,13-15,17,23-24,28H,5,7-8,11-12,16,18-22H2,(H,35,38)(H,41,42)(H,36,37,39). The van der Waals surface area contributed by atoms with E-state index in [4.69, 9.17) is 9.72 Å². The lowest BCUT2D eigenvalue weighted by molar-refractivity contribution is -0.138. The molecule has 1 unspecified atom stereocenters. The average Bonchev–Trinajstić information content (AvgIpc) is 3.05. The van der Waals surface area contributed by atoms with E-state index in [9.17, 15) is 9.90 Å². The van der Waals surface area contributed by atoms with Crippen molar-refractivity contribution in [3.8, 4) is 17.1 Å². The molecule has 0 fully saturated rings. The number of rotatable bonds is 16. The molecule has 5 rings (SSSR count). The van der Waals surface area contributed by atoms with Crippen LogP contribution in [0.1, 0.15) is 36.9 Å². The molecule has 224 valence electrons. The van der Waals surface area contributed by atoms with Gasteiger partial charge in [0.05, 0.1) is 5.69 Å². The summed E-state index contributed by atoms with van der Waals surface area (Å²) in [6.45, 7) is 3.53. The lowest BCUT2D eigenvalue weighted by Crippen LogP contribution is -2.37. The third-order valence-corrected chi connectivity index (χ3v) is 7.50. The van der Waals surface area contributed by atoms with E-state index in [2.05, 4.69) is 42.6 Å². The molecule has 10 nitrogen and oxygen atoms in total. The molecule has 1 atom stereocenters. The van der Waals surface area contributed by atoms with Crippen molar-refractivity contribution in [2.75, 3.05) is 43.4 Å². The maximum atomic E-state index is 12.2. The molecule has 0 bridgehead atoms. The summed E-state index contributed by atoms with van der Waals surface area (Å²) in [5, 5.41) is 16.5. The molecular weight excluding hydrogens is 542 g/mol. The van der Waals surface area contributed by atoms with Gasteiger partial charge in [-0.2, -0.15) is 0 Å². The number of pyridine rings is 2. The number of nitrogens with zero attached hydrogens (tertiary/aromatic N) is 5. The number of carbonyl (C=O) groups is 1. The molecule has 0 radical (unpaired) electrons. The number of benzene rings is 1. The fourth-order valence-electron chi connectivity index (χ4n) is 5.15. The van der Waals surface area contributed by atoms with Crippen LogP contribution in [0.3, 0.4) is 0 Å². The number of ether oxygens (including phenoxy) is 1. The van der Waals surface area contributed by atoms with Crippen LogP contribution < -0.4 is 15.4 Å². The van der Waals surface area contributed by atoms with Gasteiger partial charge < -0.3 is 20.5 Å². The van der Waals surface area contributed by atoms with E-state index in [-0.39, 0.29) is 0 Å². The number of anilines is 2. The van der Waals surface area contributed by atoms with E-state index in [0.717, 1.165) is 68.0 Å². The number of nitrogens with one attached hydrogen (secondary N) is 2. The number of aromatic nitrogens is 4. The lowest BCUT2D eigenvalue weighted by Gasteiger charge is -2.24. The molecule has 10 heteroatoms. The number of unbranched alkanes of at least 4 members (excludes halogenated alkanes) is 1. The Morgan fingerprint density at radius 1 is 1.00 bits per heavy atom. The van der Waals surface area contributed by atoms with E-state index in [1.807, 2.05) is 48.5 Å². The van der Waals surface area contributed by atoms with Crippen LogP contribution in [-0.2, 0) is 17.6 Å². The van der Waals surface area contributed by atoms with Crippen LogP contribution in [0.2, 0.25) is 0 Å². The number of carboxylic acids is 1. The number of aliphatic carboxylic acids is 1. The highest BCUT2D eigenvalue weighted by Gasteiger charge is 2.20. The Balaban J connectivity index is 1.16. The fourth-order valence-corrected chi connectivity index (χ4v) is 5.15. The van der Waals surface area contributed by atoms with Gasteiger partial charge in [-0.15, -0.1) is 0 Å². The SMILES string of the molecule is O=C(O)C(CCN(CCCCc1ccc2c(n1)NCCC2)CCOc1ccccn1)Nc1cc(-c2ccccc2)ncn1. The normalized spacial score (nSPS) is 13.1.